The number of hydrogen-bond acceptors (Lipinski definition) is 3. The standard InChI is InChI=1S/C13H15F2NO3S/c1-8-5-11(15)12(7-10(8)14)20(18,19)16-13(17)6-9-3-2-4-9/h5,7,9H,2-4,6H2,1H3,(H,16,17). The number of nitrogens with one attached hydrogen (secondary N) is 1. The molecule has 1 N–H and O–H groups in total. The predicted octanol–water partition coefficient (Wildman–Crippen LogP) is 2.27. The number of halogens is 2. The second kappa shape index (κ2) is 5.47. The fourth-order valence-electron chi connectivity index (χ4n) is 2.04. The van der Waals surface area contributed by atoms with Crippen molar-refractivity contribution in [1.29, 1.82) is 0 Å². The van der Waals surface area contributed by atoms with E-state index in [1.807, 2.05) is 0 Å². The summed E-state index contributed by atoms with van der Waals surface area (Å²) in [6.45, 7) is 1.32. The Labute approximate surface area is 116 Å². The minimum absolute atomic E-state index is 0.00208. The molecule has 1 aromatic carbocycles. The monoisotopic (exact) mass is 303 g/mol. The maximum Gasteiger partial charge on any atom is 0.267 e. The molecule has 0 unspecified atom stereocenters. The molecule has 1 aliphatic rings. The third-order valence-corrected chi connectivity index (χ3v) is 4.84. The van der Waals surface area contributed by atoms with Gasteiger partial charge in [0.2, 0.25) is 5.91 Å². The Morgan fingerprint density at radius 3 is 2.50 bits per heavy atom. The predicted molar refractivity (Wildman–Crippen MR) is 68.4 cm³/mol. The van der Waals surface area contributed by atoms with Gasteiger partial charge in [-0.3, -0.25) is 4.79 Å². The number of sulfonamides is 1. The quantitative estimate of drug-likeness (QED) is 0.928. The molecule has 0 bridgehead atoms. The average Bonchev–Trinajstić information content (AvgIpc) is 2.28. The Morgan fingerprint density at radius 1 is 1.30 bits per heavy atom. The van der Waals surface area contributed by atoms with Crippen LogP contribution >= 0.6 is 0 Å². The lowest BCUT2D eigenvalue weighted by molar-refractivity contribution is -0.120. The molecule has 0 aliphatic heterocycles. The van der Waals surface area contributed by atoms with E-state index in [-0.39, 0.29) is 17.9 Å². The van der Waals surface area contributed by atoms with Crippen molar-refractivity contribution in [2.45, 2.75) is 37.5 Å². The van der Waals surface area contributed by atoms with Crippen molar-refractivity contribution in [3.8, 4) is 0 Å². The van der Waals surface area contributed by atoms with Crippen LogP contribution in [0.2, 0.25) is 0 Å². The highest BCUT2D eigenvalue weighted by molar-refractivity contribution is 7.90. The molecule has 1 amide bonds. The minimum atomic E-state index is -4.37. The van der Waals surface area contributed by atoms with Crippen molar-refractivity contribution in [2.75, 3.05) is 0 Å². The summed E-state index contributed by atoms with van der Waals surface area (Å²) in [6.07, 6.45) is 2.90. The third-order valence-electron chi connectivity index (χ3n) is 3.45. The number of carbonyl (C=O) groups excluding carboxylic acids is 1. The van der Waals surface area contributed by atoms with Crippen LogP contribution in [0.25, 0.3) is 0 Å². The van der Waals surface area contributed by atoms with Gasteiger partial charge in [-0.1, -0.05) is 6.42 Å². The first kappa shape index (κ1) is 14.9. The lowest BCUT2D eigenvalue weighted by Crippen LogP contribution is -2.33. The number of amides is 1. The van der Waals surface area contributed by atoms with E-state index in [0.29, 0.717) is 6.07 Å². The molecule has 1 aromatic rings. The molecule has 110 valence electrons. The molecule has 1 saturated carbocycles. The van der Waals surface area contributed by atoms with Crippen LogP contribution in [0.15, 0.2) is 17.0 Å². The molecule has 1 fully saturated rings. The van der Waals surface area contributed by atoms with Gasteiger partial charge in [0.05, 0.1) is 0 Å². The Morgan fingerprint density at radius 2 is 1.95 bits per heavy atom. The van der Waals surface area contributed by atoms with Crippen molar-refractivity contribution < 1.29 is 22.0 Å². The summed E-state index contributed by atoms with van der Waals surface area (Å²) in [5.74, 6) is -2.41. The van der Waals surface area contributed by atoms with Gasteiger partial charge in [0.1, 0.15) is 16.5 Å². The Kier molecular flexibility index (Phi) is 4.08. The fourth-order valence-corrected chi connectivity index (χ4v) is 3.11. The fraction of sp³-hybridized carbons (Fsp3) is 0.462. The number of aryl methyl sites for hydroxylation is 1. The molecule has 7 heteroatoms. The SMILES string of the molecule is Cc1cc(F)c(S(=O)(=O)NC(=O)CC2CCC2)cc1F. The van der Waals surface area contributed by atoms with Crippen molar-refractivity contribution in [3.63, 3.8) is 0 Å². The summed E-state index contributed by atoms with van der Waals surface area (Å²) in [5, 5.41) is 0. The van der Waals surface area contributed by atoms with Crippen LogP contribution in [0.1, 0.15) is 31.2 Å². The highest BCUT2D eigenvalue weighted by atomic mass is 32.2. The van der Waals surface area contributed by atoms with E-state index < -0.39 is 32.5 Å². The van der Waals surface area contributed by atoms with Gasteiger partial charge < -0.3 is 0 Å². The van der Waals surface area contributed by atoms with Crippen molar-refractivity contribution in [1.82, 2.24) is 4.72 Å². The summed E-state index contributed by atoms with van der Waals surface area (Å²) in [4.78, 5) is 10.7. The molecule has 0 radical (unpaired) electrons. The summed E-state index contributed by atoms with van der Waals surface area (Å²) in [5.41, 5.74) is 0.00208. The summed E-state index contributed by atoms with van der Waals surface area (Å²) >= 11 is 0. The van der Waals surface area contributed by atoms with Gasteiger partial charge in [0.25, 0.3) is 10.0 Å². The largest absolute Gasteiger partial charge is 0.274 e. The minimum Gasteiger partial charge on any atom is -0.274 e. The van der Waals surface area contributed by atoms with Crippen molar-refractivity contribution >= 4 is 15.9 Å². The van der Waals surface area contributed by atoms with Crippen LogP contribution in [0.4, 0.5) is 8.78 Å². The van der Waals surface area contributed by atoms with E-state index in [0.717, 1.165) is 25.3 Å². The molecular weight excluding hydrogens is 288 g/mol. The van der Waals surface area contributed by atoms with Gasteiger partial charge >= 0.3 is 0 Å². The molecule has 0 aromatic heterocycles. The summed E-state index contributed by atoms with van der Waals surface area (Å²) in [7, 11) is -4.37. The molecule has 0 saturated heterocycles. The molecular formula is C13H15F2NO3S. The Hall–Kier alpha value is -1.50. The summed E-state index contributed by atoms with van der Waals surface area (Å²) < 4.78 is 52.5. The topological polar surface area (TPSA) is 63.2 Å². The average molecular weight is 303 g/mol. The molecule has 1 aliphatic carbocycles. The molecule has 0 atom stereocenters. The van der Waals surface area contributed by atoms with E-state index in [9.17, 15) is 22.0 Å². The van der Waals surface area contributed by atoms with E-state index >= 15 is 0 Å². The second-order valence-corrected chi connectivity index (χ2v) is 6.71. The van der Waals surface area contributed by atoms with Gasteiger partial charge in [0.15, 0.2) is 0 Å². The second-order valence-electron chi connectivity index (χ2n) is 5.06. The smallest absolute Gasteiger partial charge is 0.267 e. The highest BCUT2D eigenvalue weighted by Crippen LogP contribution is 2.29. The van der Waals surface area contributed by atoms with Crippen LogP contribution in [0, 0.1) is 24.5 Å². The maximum absolute atomic E-state index is 13.6. The number of hydrogen-bond donors (Lipinski definition) is 1. The lowest BCUT2D eigenvalue weighted by Gasteiger charge is -2.24. The number of carbonyl (C=O) groups is 1. The Balaban J connectivity index is 2.17. The van der Waals surface area contributed by atoms with Crippen LogP contribution in [-0.2, 0) is 14.8 Å². The van der Waals surface area contributed by atoms with E-state index in [4.69, 9.17) is 0 Å². The van der Waals surface area contributed by atoms with Crippen LogP contribution in [0.5, 0.6) is 0 Å². The third kappa shape index (κ3) is 3.15. The first-order valence-corrected chi connectivity index (χ1v) is 7.79. The zero-order chi connectivity index (χ0) is 14.9. The van der Waals surface area contributed by atoms with E-state index in [1.54, 1.807) is 4.72 Å². The van der Waals surface area contributed by atoms with Crippen molar-refractivity contribution in [3.05, 3.63) is 29.3 Å². The van der Waals surface area contributed by atoms with Gasteiger partial charge in [-0.25, -0.2) is 21.9 Å². The van der Waals surface area contributed by atoms with Gasteiger partial charge in [-0.15, -0.1) is 0 Å². The van der Waals surface area contributed by atoms with Gasteiger partial charge in [-0.2, -0.15) is 0 Å². The van der Waals surface area contributed by atoms with Crippen LogP contribution < -0.4 is 4.72 Å². The zero-order valence-electron chi connectivity index (χ0n) is 10.9. The highest BCUT2D eigenvalue weighted by Gasteiger charge is 2.26. The van der Waals surface area contributed by atoms with E-state index in [2.05, 4.69) is 0 Å². The molecule has 4 nitrogen and oxygen atoms in total. The normalized spacial score (nSPS) is 15.8. The van der Waals surface area contributed by atoms with Gasteiger partial charge in [-0.05, 0) is 43.4 Å². The molecule has 2 rings (SSSR count). The maximum atomic E-state index is 13.6. The van der Waals surface area contributed by atoms with Crippen LogP contribution in [0.3, 0.4) is 0 Å². The number of benzene rings is 1. The van der Waals surface area contributed by atoms with E-state index in [1.165, 1.54) is 6.92 Å². The number of rotatable bonds is 4. The van der Waals surface area contributed by atoms with Gasteiger partial charge in [0, 0.05) is 6.42 Å². The van der Waals surface area contributed by atoms with Crippen molar-refractivity contribution in [2.24, 2.45) is 5.92 Å². The first-order chi connectivity index (χ1) is 9.29. The molecule has 0 spiro atoms. The molecule has 20 heavy (non-hydrogen) atoms. The zero-order valence-corrected chi connectivity index (χ0v) is 11.8. The molecule has 0 heterocycles. The summed E-state index contributed by atoms with van der Waals surface area (Å²) in [6, 6.07) is 1.38. The van der Waals surface area contributed by atoms with Crippen LogP contribution in [-0.4, -0.2) is 14.3 Å². The first-order valence-electron chi connectivity index (χ1n) is 6.31. The lowest BCUT2D eigenvalue weighted by atomic mass is 9.83. The Bertz CT molecular complexity index is 639.